The smallest absolute Gasteiger partial charge is 0.260 e. The highest BCUT2D eigenvalue weighted by Crippen LogP contribution is 2.30. The fourth-order valence-electron chi connectivity index (χ4n) is 5.23. The van der Waals surface area contributed by atoms with E-state index in [0.29, 0.717) is 5.56 Å². The molecule has 3 amide bonds. The first-order valence-corrected chi connectivity index (χ1v) is 17.4. The molecule has 3 atom stereocenters. The van der Waals surface area contributed by atoms with Crippen molar-refractivity contribution in [3.63, 3.8) is 0 Å². The third kappa shape index (κ3) is 10.5. The lowest BCUT2D eigenvalue weighted by Gasteiger charge is -2.40. The van der Waals surface area contributed by atoms with Crippen LogP contribution in [0, 0.1) is 11.3 Å². The quantitative estimate of drug-likeness (QED) is 0.254. The Kier molecular flexibility index (Phi) is 13.2. The molecule has 0 fully saturated rings. The third-order valence-electron chi connectivity index (χ3n) is 7.96. The second kappa shape index (κ2) is 15.5. The molecule has 0 radical (unpaired) electrons. The molecule has 9 nitrogen and oxygen atoms in total. The van der Waals surface area contributed by atoms with E-state index in [1.165, 1.54) is 11.8 Å². The van der Waals surface area contributed by atoms with Crippen LogP contribution in [0.5, 0.6) is 0 Å². The van der Waals surface area contributed by atoms with Gasteiger partial charge >= 0.3 is 0 Å². The van der Waals surface area contributed by atoms with Gasteiger partial charge in [0, 0.05) is 22.5 Å². The first-order valence-electron chi connectivity index (χ1n) is 15.0. The molecule has 0 bridgehead atoms. The molecule has 0 aromatic heterocycles. The molecular weight excluding hydrogens is 656 g/mol. The summed E-state index contributed by atoms with van der Waals surface area (Å²) < 4.78 is 28.4. The van der Waals surface area contributed by atoms with Crippen LogP contribution in [-0.4, -0.2) is 63.3 Å². The van der Waals surface area contributed by atoms with Gasteiger partial charge in [0.05, 0.1) is 17.8 Å². The van der Waals surface area contributed by atoms with Crippen molar-refractivity contribution in [2.24, 2.45) is 11.3 Å². The van der Waals surface area contributed by atoms with Gasteiger partial charge in [0.25, 0.3) is 5.91 Å². The van der Waals surface area contributed by atoms with Gasteiger partial charge in [-0.05, 0) is 48.6 Å². The number of carbonyl (C=O) groups excluding carboxylic acids is 3. The lowest BCUT2D eigenvalue weighted by atomic mass is 9.76. The summed E-state index contributed by atoms with van der Waals surface area (Å²) in [7, 11) is -0.587. The first-order chi connectivity index (χ1) is 20.7. The maximum absolute atomic E-state index is 14.1. The Balaban J connectivity index is 2.30. The van der Waals surface area contributed by atoms with Gasteiger partial charge in [-0.2, -0.15) is 0 Å². The minimum atomic E-state index is -3.94. The summed E-state index contributed by atoms with van der Waals surface area (Å²) >= 11 is 3.46. The summed E-state index contributed by atoms with van der Waals surface area (Å²) in [5.74, 6) is -1.86. The predicted octanol–water partition coefficient (Wildman–Crippen LogP) is 4.92. The van der Waals surface area contributed by atoms with Crippen LogP contribution in [0.3, 0.4) is 0 Å². The molecule has 248 valence electrons. The van der Waals surface area contributed by atoms with Crippen LogP contribution in [0.2, 0.25) is 0 Å². The fourth-order valence-corrected chi connectivity index (χ4v) is 6.64. The highest BCUT2D eigenvalue weighted by Gasteiger charge is 2.41. The van der Waals surface area contributed by atoms with Gasteiger partial charge in [0.15, 0.2) is 0 Å². The number of sulfonamides is 1. The van der Waals surface area contributed by atoms with E-state index in [0.717, 1.165) is 10.0 Å². The normalized spacial score (nSPS) is 14.8. The molecule has 45 heavy (non-hydrogen) atoms. The van der Waals surface area contributed by atoms with Gasteiger partial charge in [-0.1, -0.05) is 113 Å². The van der Waals surface area contributed by atoms with Gasteiger partial charge in [0.2, 0.25) is 21.8 Å². The number of nitrogens with zero attached hydrogens (tertiary/aromatic N) is 1. The van der Waals surface area contributed by atoms with Crippen molar-refractivity contribution in [2.45, 2.75) is 84.7 Å². The monoisotopic (exact) mass is 704 g/mol. The number of hydrogen-bond donors (Lipinski definition) is 3. The van der Waals surface area contributed by atoms with Gasteiger partial charge in [-0.25, -0.2) is 13.1 Å². The Morgan fingerprint density at radius 3 is 1.98 bits per heavy atom. The van der Waals surface area contributed by atoms with Crippen LogP contribution in [-0.2, 0) is 35.6 Å². The number of rotatable bonds is 13. The summed E-state index contributed by atoms with van der Waals surface area (Å²) in [6.07, 6.45) is 1.60. The number of hydrogen-bond acceptors (Lipinski definition) is 6. The van der Waals surface area contributed by atoms with Crippen LogP contribution in [0.1, 0.15) is 66.5 Å². The van der Waals surface area contributed by atoms with Crippen LogP contribution in [0.25, 0.3) is 0 Å². The van der Waals surface area contributed by atoms with E-state index in [9.17, 15) is 22.8 Å². The number of halogens is 1. The Hall–Kier alpha value is -3.02. The van der Waals surface area contributed by atoms with Gasteiger partial charge < -0.3 is 15.5 Å². The predicted molar refractivity (Wildman–Crippen MR) is 184 cm³/mol. The molecule has 0 aliphatic heterocycles. The molecule has 0 saturated heterocycles. The molecule has 2 aromatic rings. The molecule has 0 heterocycles. The van der Waals surface area contributed by atoms with Crippen molar-refractivity contribution < 1.29 is 22.8 Å². The molecular formula is C34H49BrN4O5S. The molecule has 3 N–H and O–H groups in total. The summed E-state index contributed by atoms with van der Waals surface area (Å²) in [6, 6.07) is 14.3. The Morgan fingerprint density at radius 1 is 0.933 bits per heavy atom. The van der Waals surface area contributed by atoms with E-state index >= 15 is 0 Å². The molecule has 0 aliphatic rings. The molecule has 0 aliphatic carbocycles. The third-order valence-corrected chi connectivity index (χ3v) is 9.70. The van der Waals surface area contributed by atoms with Crippen molar-refractivity contribution in [3.05, 3.63) is 81.8 Å². The second-order valence-corrected chi connectivity index (χ2v) is 16.1. The van der Waals surface area contributed by atoms with Gasteiger partial charge in [-0.15, -0.1) is 0 Å². The summed E-state index contributed by atoms with van der Waals surface area (Å²) in [5.41, 5.74) is 0.421. The highest BCUT2D eigenvalue weighted by atomic mass is 79.9. The van der Waals surface area contributed by atoms with Gasteiger partial charge in [-0.3, -0.25) is 14.4 Å². The maximum Gasteiger partial charge on any atom is 0.260 e. The highest BCUT2D eigenvalue weighted by molar-refractivity contribution is 9.10. The average Bonchev–Trinajstić information content (AvgIpc) is 2.93. The van der Waals surface area contributed by atoms with Crippen LogP contribution < -0.4 is 15.4 Å². The van der Waals surface area contributed by atoms with Gasteiger partial charge in [0.1, 0.15) is 6.04 Å². The summed E-state index contributed by atoms with van der Waals surface area (Å²) in [5, 5.41) is 6.16. The minimum absolute atomic E-state index is 0.125. The second-order valence-electron chi connectivity index (χ2n) is 13.5. The number of amides is 3. The first kappa shape index (κ1) is 38.2. The standard InChI is InChI=1S/C34H49BrN4O5S/c1-22(2)27(20-23(3)30(40)38-45(43,44)21-24-14-12-11-13-15-24)39(10)32(42)29(33(4,5)6)37-31(41)28(36-9)34(7,8)25-16-18-26(35)19-17-25/h11-20,22,27-29,36H,21H2,1-10H3,(H,37,41)(H,38,40)/t27-,28-,29-/m1/s1. The fraction of sp³-hybridized carbons (Fsp3) is 0.500. The number of nitrogens with one attached hydrogen (secondary N) is 3. The molecule has 2 aromatic carbocycles. The van der Waals surface area contributed by atoms with E-state index in [4.69, 9.17) is 0 Å². The van der Waals surface area contributed by atoms with E-state index in [-0.39, 0.29) is 29.1 Å². The number of likely N-dealkylation sites (N-methyl/N-ethyl adjacent to an activating group) is 2. The van der Waals surface area contributed by atoms with Crippen molar-refractivity contribution in [2.75, 3.05) is 14.1 Å². The Morgan fingerprint density at radius 2 is 1.49 bits per heavy atom. The summed E-state index contributed by atoms with van der Waals surface area (Å²) in [6.45, 7) is 14.9. The topological polar surface area (TPSA) is 125 Å². The van der Waals surface area contributed by atoms with Crippen LogP contribution in [0.4, 0.5) is 0 Å². The van der Waals surface area contributed by atoms with Crippen molar-refractivity contribution in [1.82, 2.24) is 20.3 Å². The molecule has 0 spiro atoms. The van der Waals surface area contributed by atoms with E-state index < -0.39 is 44.9 Å². The average molecular weight is 706 g/mol. The lowest BCUT2D eigenvalue weighted by molar-refractivity contribution is -0.140. The van der Waals surface area contributed by atoms with Crippen LogP contribution >= 0.6 is 15.9 Å². The van der Waals surface area contributed by atoms with Crippen molar-refractivity contribution in [3.8, 4) is 0 Å². The van der Waals surface area contributed by atoms with E-state index in [2.05, 4.69) is 31.3 Å². The molecule has 11 heteroatoms. The zero-order valence-corrected chi connectivity index (χ0v) is 30.5. The van der Waals surface area contributed by atoms with Crippen LogP contribution in [0.15, 0.2) is 70.7 Å². The maximum atomic E-state index is 14.1. The van der Waals surface area contributed by atoms with E-state index in [1.807, 2.05) is 72.7 Å². The minimum Gasteiger partial charge on any atom is -0.342 e. The number of benzene rings is 2. The Bertz CT molecular complexity index is 1470. The molecule has 2 rings (SSSR count). The van der Waals surface area contributed by atoms with E-state index in [1.54, 1.807) is 50.5 Å². The zero-order chi connectivity index (χ0) is 34.3. The lowest BCUT2D eigenvalue weighted by Crippen LogP contribution is -2.61. The number of carbonyl (C=O) groups is 3. The Labute approximate surface area is 277 Å². The SMILES string of the molecule is CN[C@H](C(=O)N[C@H](C(=O)N(C)[C@H](C=C(C)C(=O)NS(=O)(=O)Cc1ccccc1)C(C)C)C(C)(C)C)C(C)(C)c1ccc(Br)cc1. The van der Waals surface area contributed by atoms with Crippen molar-refractivity contribution >= 4 is 43.7 Å². The summed E-state index contributed by atoms with van der Waals surface area (Å²) in [4.78, 5) is 42.4. The van der Waals surface area contributed by atoms with Crippen molar-refractivity contribution in [1.29, 1.82) is 0 Å². The molecule has 0 saturated carbocycles. The zero-order valence-electron chi connectivity index (χ0n) is 28.1. The molecule has 0 unspecified atom stereocenters. The largest absolute Gasteiger partial charge is 0.342 e.